The quantitative estimate of drug-likeness (QED) is 0.833. The lowest BCUT2D eigenvalue weighted by Gasteiger charge is -2.21. The standard InChI is InChI=1S/C17H23N3/c1-13(2)14(9-18)10-19(3)11-15-12-20(4)17-8-6-5-7-16(15)17/h5-8,12-14H,10-11H2,1-4H3. The van der Waals surface area contributed by atoms with E-state index in [0.717, 1.165) is 13.1 Å². The molecule has 106 valence electrons. The summed E-state index contributed by atoms with van der Waals surface area (Å²) in [5, 5.41) is 10.5. The van der Waals surface area contributed by atoms with Crippen LogP contribution >= 0.6 is 0 Å². The van der Waals surface area contributed by atoms with Crippen LogP contribution in [0.25, 0.3) is 10.9 Å². The maximum absolute atomic E-state index is 9.21. The molecule has 3 heteroatoms. The van der Waals surface area contributed by atoms with Gasteiger partial charge in [-0.15, -0.1) is 0 Å². The first-order valence-electron chi connectivity index (χ1n) is 7.14. The third kappa shape index (κ3) is 3.02. The largest absolute Gasteiger partial charge is 0.350 e. The Hall–Kier alpha value is -1.79. The molecule has 0 amide bonds. The minimum absolute atomic E-state index is 0.0926. The number of hydrogen-bond donors (Lipinski definition) is 0. The summed E-state index contributed by atoms with van der Waals surface area (Å²) in [6.45, 7) is 5.92. The minimum atomic E-state index is 0.0926. The second-order valence-electron chi connectivity index (χ2n) is 5.96. The Kier molecular flexibility index (Phi) is 4.46. The molecule has 1 heterocycles. The molecule has 0 fully saturated rings. The molecule has 2 aromatic rings. The Morgan fingerprint density at radius 2 is 2.00 bits per heavy atom. The Balaban J connectivity index is 2.14. The number of nitriles is 1. The summed E-state index contributed by atoms with van der Waals surface area (Å²) in [6.07, 6.45) is 2.19. The Labute approximate surface area is 121 Å². The van der Waals surface area contributed by atoms with Crippen LogP contribution in [0.15, 0.2) is 30.5 Å². The SMILES string of the molecule is CC(C)C(C#N)CN(C)Cc1cn(C)c2ccccc12. The molecule has 1 aromatic heterocycles. The predicted molar refractivity (Wildman–Crippen MR) is 83.2 cm³/mol. The second kappa shape index (κ2) is 6.11. The van der Waals surface area contributed by atoms with Crippen LogP contribution in [0.3, 0.4) is 0 Å². The summed E-state index contributed by atoms with van der Waals surface area (Å²) in [5.74, 6) is 0.491. The van der Waals surface area contributed by atoms with Crippen LogP contribution in [0.2, 0.25) is 0 Å². The van der Waals surface area contributed by atoms with Gasteiger partial charge in [-0.2, -0.15) is 5.26 Å². The number of aromatic nitrogens is 1. The molecule has 2 rings (SSSR count). The van der Waals surface area contributed by atoms with Gasteiger partial charge in [0, 0.05) is 37.2 Å². The molecular weight excluding hydrogens is 246 g/mol. The molecular formula is C17H23N3. The lowest BCUT2D eigenvalue weighted by atomic mass is 9.97. The van der Waals surface area contributed by atoms with Crippen molar-refractivity contribution >= 4 is 10.9 Å². The van der Waals surface area contributed by atoms with Crippen molar-refractivity contribution in [1.82, 2.24) is 9.47 Å². The monoisotopic (exact) mass is 269 g/mol. The van der Waals surface area contributed by atoms with Gasteiger partial charge in [-0.25, -0.2) is 0 Å². The van der Waals surface area contributed by atoms with Gasteiger partial charge in [0.2, 0.25) is 0 Å². The summed E-state index contributed by atoms with van der Waals surface area (Å²) in [6, 6.07) is 10.9. The number of fused-ring (bicyclic) bond motifs is 1. The maximum Gasteiger partial charge on any atom is 0.0672 e. The molecule has 1 aromatic carbocycles. The van der Waals surface area contributed by atoms with E-state index in [2.05, 4.69) is 73.9 Å². The van der Waals surface area contributed by atoms with Gasteiger partial charge in [0.25, 0.3) is 0 Å². The first kappa shape index (κ1) is 14.6. The minimum Gasteiger partial charge on any atom is -0.350 e. The molecule has 0 aliphatic carbocycles. The summed E-state index contributed by atoms with van der Waals surface area (Å²) >= 11 is 0. The average Bonchev–Trinajstić information content (AvgIpc) is 2.73. The van der Waals surface area contributed by atoms with Gasteiger partial charge >= 0.3 is 0 Å². The molecule has 0 aliphatic heterocycles. The molecule has 1 unspecified atom stereocenters. The zero-order valence-electron chi connectivity index (χ0n) is 12.8. The van der Waals surface area contributed by atoms with Crippen LogP contribution in [-0.2, 0) is 13.6 Å². The highest BCUT2D eigenvalue weighted by atomic mass is 15.1. The van der Waals surface area contributed by atoms with E-state index in [-0.39, 0.29) is 5.92 Å². The fraction of sp³-hybridized carbons (Fsp3) is 0.471. The van der Waals surface area contributed by atoms with Gasteiger partial charge in [0.1, 0.15) is 0 Å². The van der Waals surface area contributed by atoms with E-state index in [1.807, 2.05) is 0 Å². The van der Waals surface area contributed by atoms with Crippen molar-refractivity contribution in [3.05, 3.63) is 36.0 Å². The van der Waals surface area contributed by atoms with Crippen molar-refractivity contribution in [3.8, 4) is 6.07 Å². The Morgan fingerprint density at radius 3 is 2.65 bits per heavy atom. The van der Waals surface area contributed by atoms with Gasteiger partial charge in [0.05, 0.1) is 12.0 Å². The first-order chi connectivity index (χ1) is 9.52. The lowest BCUT2D eigenvalue weighted by Crippen LogP contribution is -2.27. The molecule has 20 heavy (non-hydrogen) atoms. The molecule has 0 aliphatic rings. The van der Waals surface area contributed by atoms with Crippen LogP contribution in [-0.4, -0.2) is 23.1 Å². The second-order valence-corrected chi connectivity index (χ2v) is 5.96. The van der Waals surface area contributed by atoms with Crippen molar-refractivity contribution in [2.24, 2.45) is 18.9 Å². The zero-order valence-corrected chi connectivity index (χ0v) is 12.8. The highest BCUT2D eigenvalue weighted by molar-refractivity contribution is 5.83. The highest BCUT2D eigenvalue weighted by Gasteiger charge is 2.16. The molecule has 0 saturated heterocycles. The van der Waals surface area contributed by atoms with Gasteiger partial charge in [-0.3, -0.25) is 0 Å². The fourth-order valence-corrected chi connectivity index (χ4v) is 2.64. The van der Waals surface area contributed by atoms with E-state index in [1.165, 1.54) is 16.5 Å². The van der Waals surface area contributed by atoms with E-state index in [9.17, 15) is 5.26 Å². The third-order valence-electron chi connectivity index (χ3n) is 3.90. The summed E-state index contributed by atoms with van der Waals surface area (Å²) in [4.78, 5) is 2.25. The van der Waals surface area contributed by atoms with Gasteiger partial charge in [-0.1, -0.05) is 32.0 Å². The van der Waals surface area contributed by atoms with E-state index in [1.54, 1.807) is 0 Å². The van der Waals surface area contributed by atoms with Crippen molar-refractivity contribution < 1.29 is 0 Å². The Morgan fingerprint density at radius 1 is 1.30 bits per heavy atom. The highest BCUT2D eigenvalue weighted by Crippen LogP contribution is 2.22. The van der Waals surface area contributed by atoms with Crippen molar-refractivity contribution in [3.63, 3.8) is 0 Å². The van der Waals surface area contributed by atoms with Crippen LogP contribution in [0.1, 0.15) is 19.4 Å². The fourth-order valence-electron chi connectivity index (χ4n) is 2.64. The first-order valence-corrected chi connectivity index (χ1v) is 7.14. The number of para-hydroxylation sites is 1. The van der Waals surface area contributed by atoms with Crippen LogP contribution in [0.5, 0.6) is 0 Å². The molecule has 0 saturated carbocycles. The number of aryl methyl sites for hydroxylation is 1. The van der Waals surface area contributed by atoms with Crippen molar-refractivity contribution in [2.75, 3.05) is 13.6 Å². The van der Waals surface area contributed by atoms with Crippen LogP contribution < -0.4 is 0 Å². The number of rotatable bonds is 5. The van der Waals surface area contributed by atoms with Gasteiger partial charge in [-0.05, 0) is 24.6 Å². The third-order valence-corrected chi connectivity index (χ3v) is 3.90. The lowest BCUT2D eigenvalue weighted by molar-refractivity contribution is 0.266. The summed E-state index contributed by atoms with van der Waals surface area (Å²) in [5.41, 5.74) is 2.59. The summed E-state index contributed by atoms with van der Waals surface area (Å²) < 4.78 is 2.17. The normalized spacial score (nSPS) is 13.1. The van der Waals surface area contributed by atoms with Crippen LogP contribution in [0.4, 0.5) is 0 Å². The maximum atomic E-state index is 9.21. The number of hydrogen-bond acceptors (Lipinski definition) is 2. The van der Waals surface area contributed by atoms with E-state index in [0.29, 0.717) is 5.92 Å². The topological polar surface area (TPSA) is 32.0 Å². The van der Waals surface area contributed by atoms with Crippen molar-refractivity contribution in [2.45, 2.75) is 20.4 Å². The van der Waals surface area contributed by atoms with Crippen LogP contribution in [0, 0.1) is 23.2 Å². The van der Waals surface area contributed by atoms with E-state index >= 15 is 0 Å². The zero-order chi connectivity index (χ0) is 14.7. The molecule has 0 spiro atoms. The van der Waals surface area contributed by atoms with E-state index < -0.39 is 0 Å². The molecule has 3 nitrogen and oxygen atoms in total. The molecule has 0 radical (unpaired) electrons. The molecule has 0 bridgehead atoms. The predicted octanol–water partition coefficient (Wildman–Crippen LogP) is 3.41. The molecule has 1 atom stereocenters. The van der Waals surface area contributed by atoms with E-state index in [4.69, 9.17) is 0 Å². The van der Waals surface area contributed by atoms with Gasteiger partial charge in [0.15, 0.2) is 0 Å². The number of nitrogens with zero attached hydrogens (tertiary/aromatic N) is 3. The average molecular weight is 269 g/mol. The number of benzene rings is 1. The summed E-state index contributed by atoms with van der Waals surface area (Å²) in [7, 11) is 4.17. The smallest absolute Gasteiger partial charge is 0.0672 e. The Bertz CT molecular complexity index is 619. The van der Waals surface area contributed by atoms with Gasteiger partial charge < -0.3 is 9.47 Å². The van der Waals surface area contributed by atoms with Crippen molar-refractivity contribution in [1.29, 1.82) is 5.26 Å². The molecule has 0 N–H and O–H groups in total.